The Morgan fingerprint density at radius 1 is 1.12 bits per heavy atom. The van der Waals surface area contributed by atoms with Crippen LogP contribution in [0.15, 0.2) is 60.8 Å². The normalized spacial score (nSPS) is 15.2. The van der Waals surface area contributed by atoms with Crippen LogP contribution in [0.5, 0.6) is 5.75 Å². The predicted octanol–water partition coefficient (Wildman–Crippen LogP) is 1.91. The van der Waals surface area contributed by atoms with Gasteiger partial charge in [-0.1, -0.05) is 30.3 Å². The number of aromatic nitrogens is 2. The number of fused-ring (bicyclic) bond motifs is 1. The van der Waals surface area contributed by atoms with Crippen molar-refractivity contribution in [3.63, 3.8) is 0 Å². The summed E-state index contributed by atoms with van der Waals surface area (Å²) in [6.07, 6.45) is 1.56. The molecule has 26 heavy (non-hydrogen) atoms. The number of carbonyl (C=O) groups is 2. The molecule has 1 atom stereocenters. The maximum atomic E-state index is 12.6. The molecule has 7 nitrogen and oxygen atoms in total. The molecule has 7 heteroatoms. The first-order valence-corrected chi connectivity index (χ1v) is 8.12. The van der Waals surface area contributed by atoms with E-state index < -0.39 is 12.0 Å². The number of amides is 2. The molecular weight excluding hydrogens is 332 g/mol. The lowest BCUT2D eigenvalue weighted by Gasteiger charge is -2.14. The minimum Gasteiger partial charge on any atom is -0.480 e. The third kappa shape index (κ3) is 2.90. The molecule has 2 heterocycles. The number of para-hydroxylation sites is 3. The molecule has 1 aromatic heterocycles. The van der Waals surface area contributed by atoms with Gasteiger partial charge in [-0.2, -0.15) is 5.10 Å². The summed E-state index contributed by atoms with van der Waals surface area (Å²) < 4.78 is 7.23. The van der Waals surface area contributed by atoms with Gasteiger partial charge in [0.1, 0.15) is 11.4 Å². The second-order valence-electron chi connectivity index (χ2n) is 5.93. The molecule has 1 aliphatic heterocycles. The molecule has 0 saturated heterocycles. The zero-order valence-electron chi connectivity index (χ0n) is 13.8. The molecule has 0 radical (unpaired) electrons. The number of nitrogens with zero attached hydrogens (tertiary/aromatic N) is 2. The van der Waals surface area contributed by atoms with Gasteiger partial charge >= 0.3 is 0 Å². The smallest absolute Gasteiger partial charge is 0.269 e. The van der Waals surface area contributed by atoms with Crippen LogP contribution in [0.2, 0.25) is 0 Å². The van der Waals surface area contributed by atoms with Crippen molar-refractivity contribution in [2.24, 2.45) is 5.73 Å². The Balaban J connectivity index is 1.55. The maximum Gasteiger partial charge on any atom is 0.269 e. The first-order valence-electron chi connectivity index (χ1n) is 8.12. The van der Waals surface area contributed by atoms with Crippen molar-refractivity contribution in [1.29, 1.82) is 0 Å². The number of anilines is 1. The number of hydrogen-bond donors (Lipinski definition) is 2. The van der Waals surface area contributed by atoms with Gasteiger partial charge in [0.25, 0.3) is 11.8 Å². The van der Waals surface area contributed by atoms with Gasteiger partial charge in [-0.05, 0) is 29.8 Å². The molecule has 2 amide bonds. The summed E-state index contributed by atoms with van der Waals surface area (Å²) in [5, 5.41) is 7.02. The Kier molecular flexibility index (Phi) is 3.89. The van der Waals surface area contributed by atoms with Gasteiger partial charge in [-0.25, -0.2) is 4.68 Å². The van der Waals surface area contributed by atoms with Crippen LogP contribution >= 0.6 is 0 Å². The third-order valence-corrected chi connectivity index (χ3v) is 4.19. The second-order valence-corrected chi connectivity index (χ2v) is 5.93. The van der Waals surface area contributed by atoms with E-state index in [0.717, 1.165) is 11.3 Å². The fourth-order valence-electron chi connectivity index (χ4n) is 2.91. The summed E-state index contributed by atoms with van der Waals surface area (Å²) in [7, 11) is 0. The lowest BCUT2D eigenvalue weighted by atomic mass is 10.1. The molecule has 130 valence electrons. The Bertz CT molecular complexity index is 971. The molecule has 0 fully saturated rings. The van der Waals surface area contributed by atoms with E-state index in [1.165, 1.54) is 10.7 Å². The summed E-state index contributed by atoms with van der Waals surface area (Å²) in [6, 6.07) is 16.3. The van der Waals surface area contributed by atoms with E-state index in [2.05, 4.69) is 10.4 Å². The van der Waals surface area contributed by atoms with Crippen LogP contribution in [0.1, 0.15) is 16.1 Å². The van der Waals surface area contributed by atoms with Gasteiger partial charge < -0.3 is 15.8 Å². The zero-order chi connectivity index (χ0) is 18.1. The summed E-state index contributed by atoms with van der Waals surface area (Å²) >= 11 is 0. The van der Waals surface area contributed by atoms with E-state index in [9.17, 15) is 9.59 Å². The summed E-state index contributed by atoms with van der Waals surface area (Å²) in [4.78, 5) is 23.9. The van der Waals surface area contributed by atoms with E-state index in [1.54, 1.807) is 18.3 Å². The summed E-state index contributed by atoms with van der Waals surface area (Å²) in [5.74, 6) is -0.113. The minimum atomic E-state index is -0.609. The Hall–Kier alpha value is -3.61. The zero-order valence-corrected chi connectivity index (χ0v) is 13.8. The summed E-state index contributed by atoms with van der Waals surface area (Å²) in [5.41, 5.74) is 7.61. The number of nitrogens with two attached hydrogens (primary N) is 1. The van der Waals surface area contributed by atoms with Crippen LogP contribution in [0, 0.1) is 0 Å². The van der Waals surface area contributed by atoms with Gasteiger partial charge in [0.2, 0.25) is 0 Å². The molecular formula is C19H16N4O3. The van der Waals surface area contributed by atoms with Gasteiger partial charge in [0.15, 0.2) is 6.10 Å². The highest BCUT2D eigenvalue weighted by Crippen LogP contribution is 2.29. The van der Waals surface area contributed by atoms with Gasteiger partial charge in [0, 0.05) is 12.6 Å². The SMILES string of the molecule is NC(=O)c1ccn(-c2ccccc2NC(=O)[C@@H]2Cc3ccccc3O2)n1. The fourth-order valence-corrected chi connectivity index (χ4v) is 2.91. The van der Waals surface area contributed by atoms with Crippen molar-refractivity contribution in [3.05, 3.63) is 72.1 Å². The fraction of sp³-hybridized carbons (Fsp3) is 0.105. The first kappa shape index (κ1) is 15.9. The van der Waals surface area contributed by atoms with Crippen LogP contribution in [-0.2, 0) is 11.2 Å². The van der Waals surface area contributed by atoms with E-state index >= 15 is 0 Å². The van der Waals surface area contributed by atoms with E-state index in [-0.39, 0.29) is 11.6 Å². The molecule has 4 rings (SSSR count). The van der Waals surface area contributed by atoms with E-state index in [1.807, 2.05) is 36.4 Å². The van der Waals surface area contributed by atoms with Crippen molar-refractivity contribution in [3.8, 4) is 11.4 Å². The Morgan fingerprint density at radius 3 is 2.65 bits per heavy atom. The maximum absolute atomic E-state index is 12.6. The van der Waals surface area contributed by atoms with E-state index in [4.69, 9.17) is 10.5 Å². The van der Waals surface area contributed by atoms with Crippen LogP contribution in [0.3, 0.4) is 0 Å². The highest BCUT2D eigenvalue weighted by atomic mass is 16.5. The summed E-state index contributed by atoms with van der Waals surface area (Å²) in [6.45, 7) is 0. The average molecular weight is 348 g/mol. The number of ether oxygens (including phenoxy) is 1. The highest BCUT2D eigenvalue weighted by molar-refractivity contribution is 5.97. The lowest BCUT2D eigenvalue weighted by Crippen LogP contribution is -2.31. The minimum absolute atomic E-state index is 0.153. The van der Waals surface area contributed by atoms with Crippen molar-refractivity contribution >= 4 is 17.5 Å². The van der Waals surface area contributed by atoms with Crippen molar-refractivity contribution in [2.75, 3.05) is 5.32 Å². The molecule has 0 unspecified atom stereocenters. The number of rotatable bonds is 4. The van der Waals surface area contributed by atoms with Crippen LogP contribution in [0.25, 0.3) is 5.69 Å². The molecule has 3 aromatic rings. The lowest BCUT2D eigenvalue weighted by molar-refractivity contribution is -0.122. The predicted molar refractivity (Wildman–Crippen MR) is 95.3 cm³/mol. The largest absolute Gasteiger partial charge is 0.480 e. The van der Waals surface area contributed by atoms with Crippen molar-refractivity contribution in [2.45, 2.75) is 12.5 Å². The quantitative estimate of drug-likeness (QED) is 0.752. The number of nitrogens with one attached hydrogen (secondary N) is 1. The third-order valence-electron chi connectivity index (χ3n) is 4.19. The number of benzene rings is 2. The van der Waals surface area contributed by atoms with Crippen LogP contribution in [0.4, 0.5) is 5.69 Å². The average Bonchev–Trinajstić information content (AvgIpc) is 3.29. The van der Waals surface area contributed by atoms with Crippen LogP contribution in [-0.4, -0.2) is 27.7 Å². The molecule has 2 aromatic carbocycles. The number of hydrogen-bond acceptors (Lipinski definition) is 4. The molecule has 0 saturated carbocycles. The number of primary amides is 1. The van der Waals surface area contributed by atoms with Crippen LogP contribution < -0.4 is 15.8 Å². The molecule has 1 aliphatic rings. The second kappa shape index (κ2) is 6.36. The number of carbonyl (C=O) groups excluding carboxylic acids is 2. The standard InChI is InChI=1S/C19H16N4O3/c20-18(24)14-9-10-23(22-14)15-7-3-2-6-13(15)21-19(25)17-11-12-5-1-4-8-16(12)26-17/h1-10,17H,11H2,(H2,20,24)(H,21,25)/t17-/m0/s1. The highest BCUT2D eigenvalue weighted by Gasteiger charge is 2.29. The topological polar surface area (TPSA) is 99.2 Å². The van der Waals surface area contributed by atoms with Crippen molar-refractivity contribution < 1.29 is 14.3 Å². The van der Waals surface area contributed by atoms with Gasteiger partial charge in [0.05, 0.1) is 11.4 Å². The monoisotopic (exact) mass is 348 g/mol. The Morgan fingerprint density at radius 2 is 1.88 bits per heavy atom. The Labute approximate surface area is 149 Å². The molecule has 3 N–H and O–H groups in total. The van der Waals surface area contributed by atoms with E-state index in [0.29, 0.717) is 17.8 Å². The van der Waals surface area contributed by atoms with Gasteiger partial charge in [-0.15, -0.1) is 0 Å². The molecule has 0 spiro atoms. The molecule has 0 aliphatic carbocycles. The first-order chi connectivity index (χ1) is 12.6. The van der Waals surface area contributed by atoms with Gasteiger partial charge in [-0.3, -0.25) is 9.59 Å². The molecule has 0 bridgehead atoms. The van der Waals surface area contributed by atoms with Crippen molar-refractivity contribution in [1.82, 2.24) is 9.78 Å².